The van der Waals surface area contributed by atoms with Crippen LogP contribution >= 0.6 is 11.3 Å². The average Bonchev–Trinajstić information content (AvgIpc) is 3.60. The van der Waals surface area contributed by atoms with Crippen LogP contribution in [0.15, 0.2) is 35.8 Å². The zero-order chi connectivity index (χ0) is 24.6. The van der Waals surface area contributed by atoms with Gasteiger partial charge in [-0.25, -0.2) is 4.98 Å². The summed E-state index contributed by atoms with van der Waals surface area (Å²) in [5.41, 5.74) is -0.988. The quantitative estimate of drug-likeness (QED) is 0.657. The fourth-order valence-corrected chi connectivity index (χ4v) is 6.88. The number of carbonyl (C=O) groups excluding carboxylic acids is 2. The molecule has 1 aromatic heterocycles. The lowest BCUT2D eigenvalue weighted by Gasteiger charge is -2.37. The highest BCUT2D eigenvalue weighted by atomic mass is 32.1. The van der Waals surface area contributed by atoms with Gasteiger partial charge in [-0.05, 0) is 56.7 Å². The van der Waals surface area contributed by atoms with Crippen LogP contribution in [0.25, 0.3) is 0 Å². The van der Waals surface area contributed by atoms with Crippen molar-refractivity contribution in [3.05, 3.63) is 52.0 Å². The molecule has 2 atom stereocenters. The van der Waals surface area contributed by atoms with Crippen LogP contribution in [0.3, 0.4) is 0 Å². The maximum Gasteiger partial charge on any atom is 0.416 e. The van der Waals surface area contributed by atoms with E-state index in [4.69, 9.17) is 0 Å². The molecule has 3 fully saturated rings. The smallest absolute Gasteiger partial charge is 0.343 e. The Morgan fingerprint density at radius 3 is 2.54 bits per heavy atom. The van der Waals surface area contributed by atoms with Crippen LogP contribution in [-0.2, 0) is 11.0 Å². The Morgan fingerprint density at radius 2 is 1.83 bits per heavy atom. The Balaban J connectivity index is 1.13. The highest BCUT2D eigenvalue weighted by Crippen LogP contribution is 2.40. The number of thiazole rings is 1. The number of hydrogen-bond acceptors (Lipinski definition) is 5. The topological polar surface area (TPSA) is 65.5 Å². The minimum Gasteiger partial charge on any atom is -0.343 e. The Bertz CT molecular complexity index is 1050. The molecule has 6 nitrogen and oxygen atoms in total. The molecule has 5 rings (SSSR count). The molecule has 0 spiro atoms. The molecule has 188 valence electrons. The van der Waals surface area contributed by atoms with Gasteiger partial charge in [0.2, 0.25) is 5.91 Å². The molecule has 3 aliphatic rings. The van der Waals surface area contributed by atoms with Crippen LogP contribution in [0.1, 0.15) is 65.4 Å². The lowest BCUT2D eigenvalue weighted by molar-refractivity contribution is -0.137. The summed E-state index contributed by atoms with van der Waals surface area (Å²) in [5.74, 6) is -0.288. The summed E-state index contributed by atoms with van der Waals surface area (Å²) in [4.78, 5) is 34.2. The number of benzene rings is 1. The molecular formula is C25H29F3N4O2S. The number of nitrogens with one attached hydrogen (secondary N) is 1. The number of carbonyl (C=O) groups is 2. The van der Waals surface area contributed by atoms with E-state index in [0.29, 0.717) is 24.5 Å². The molecule has 1 N–H and O–H groups in total. The van der Waals surface area contributed by atoms with Crippen LogP contribution in [0, 0.1) is 0 Å². The summed E-state index contributed by atoms with van der Waals surface area (Å²) in [6.07, 6.45) is 3.79. The van der Waals surface area contributed by atoms with Gasteiger partial charge in [0.15, 0.2) is 0 Å². The standard InChI is InChI=1S/C25H29F3N4O2S/c26-25(27,28)18-3-1-2-17(14-18)23(34)30-15-22(33)32-12-9-20-21(32)8-11-31(20)19-6-4-16(5-7-19)24-29-10-13-35-24/h1-3,10,13-14,16,19-21H,4-9,11-12,15H2,(H,30,34)/t16-,19+,20?,21?. The predicted molar refractivity (Wildman–Crippen MR) is 126 cm³/mol. The molecule has 0 bridgehead atoms. The van der Waals surface area contributed by atoms with Crippen molar-refractivity contribution < 1.29 is 22.8 Å². The van der Waals surface area contributed by atoms with E-state index in [1.807, 2.05) is 16.5 Å². The number of aromatic nitrogens is 1. The van der Waals surface area contributed by atoms with Gasteiger partial charge in [-0.15, -0.1) is 11.3 Å². The summed E-state index contributed by atoms with van der Waals surface area (Å²) in [7, 11) is 0. The summed E-state index contributed by atoms with van der Waals surface area (Å²) in [6.45, 7) is 1.41. The van der Waals surface area contributed by atoms with Gasteiger partial charge < -0.3 is 10.2 Å². The molecule has 10 heteroatoms. The van der Waals surface area contributed by atoms with Crippen molar-refractivity contribution in [1.82, 2.24) is 20.1 Å². The third-order valence-corrected chi connectivity index (χ3v) is 8.70. The summed E-state index contributed by atoms with van der Waals surface area (Å²) in [6, 6.07) is 5.27. The van der Waals surface area contributed by atoms with Crippen molar-refractivity contribution in [2.75, 3.05) is 19.6 Å². The Kier molecular flexibility index (Phi) is 6.85. The zero-order valence-electron chi connectivity index (χ0n) is 19.3. The first-order valence-electron chi connectivity index (χ1n) is 12.2. The number of amides is 2. The third kappa shape index (κ3) is 5.09. The number of fused-ring (bicyclic) bond motifs is 1. The molecule has 2 saturated heterocycles. The van der Waals surface area contributed by atoms with Crippen LogP contribution in [-0.4, -0.2) is 64.4 Å². The molecule has 2 aromatic rings. The molecule has 3 heterocycles. The van der Waals surface area contributed by atoms with Crippen molar-refractivity contribution in [2.24, 2.45) is 0 Å². The Labute approximate surface area is 206 Å². The Morgan fingerprint density at radius 1 is 1.06 bits per heavy atom. The average molecular weight is 507 g/mol. The van der Waals surface area contributed by atoms with Crippen molar-refractivity contribution in [2.45, 2.75) is 68.7 Å². The third-order valence-electron chi connectivity index (χ3n) is 7.76. The first kappa shape index (κ1) is 24.2. The molecule has 1 saturated carbocycles. The van der Waals surface area contributed by atoms with Crippen LogP contribution in [0.4, 0.5) is 13.2 Å². The second kappa shape index (κ2) is 9.89. The number of rotatable bonds is 5. The summed E-state index contributed by atoms with van der Waals surface area (Å²) < 4.78 is 38.8. The van der Waals surface area contributed by atoms with Crippen molar-refractivity contribution in [3.8, 4) is 0 Å². The minimum absolute atomic E-state index is 0.104. The maximum atomic E-state index is 12.9. The van der Waals surface area contributed by atoms with Gasteiger partial charge >= 0.3 is 6.18 Å². The van der Waals surface area contributed by atoms with Gasteiger partial charge in [-0.2, -0.15) is 13.2 Å². The molecule has 2 amide bonds. The summed E-state index contributed by atoms with van der Waals surface area (Å²) >= 11 is 1.74. The first-order valence-corrected chi connectivity index (χ1v) is 13.1. The number of nitrogens with zero attached hydrogens (tertiary/aromatic N) is 3. The predicted octanol–water partition coefficient (Wildman–Crippen LogP) is 4.29. The van der Waals surface area contributed by atoms with Gasteiger partial charge in [0.25, 0.3) is 5.91 Å². The lowest BCUT2D eigenvalue weighted by Crippen LogP contribution is -2.46. The highest BCUT2D eigenvalue weighted by molar-refractivity contribution is 7.09. The fourth-order valence-electron chi connectivity index (χ4n) is 6.07. The fraction of sp³-hybridized carbons (Fsp3) is 0.560. The zero-order valence-corrected chi connectivity index (χ0v) is 20.2. The van der Waals surface area contributed by atoms with E-state index in [-0.39, 0.29) is 24.1 Å². The Hall–Kier alpha value is -2.46. The van der Waals surface area contributed by atoms with Gasteiger partial charge in [-0.1, -0.05) is 6.07 Å². The van der Waals surface area contributed by atoms with Crippen LogP contribution < -0.4 is 5.32 Å². The first-order chi connectivity index (χ1) is 16.8. The van der Waals surface area contributed by atoms with E-state index >= 15 is 0 Å². The van der Waals surface area contributed by atoms with Gasteiger partial charge in [0, 0.05) is 54.3 Å². The van der Waals surface area contributed by atoms with Gasteiger partial charge in [0.05, 0.1) is 17.1 Å². The monoisotopic (exact) mass is 506 g/mol. The molecule has 1 aliphatic carbocycles. The maximum absolute atomic E-state index is 12.9. The highest BCUT2D eigenvalue weighted by Gasteiger charge is 2.46. The lowest BCUT2D eigenvalue weighted by atomic mass is 9.85. The van der Waals surface area contributed by atoms with Crippen molar-refractivity contribution >= 4 is 23.2 Å². The van der Waals surface area contributed by atoms with Gasteiger partial charge in [-0.3, -0.25) is 14.5 Å². The molecule has 35 heavy (non-hydrogen) atoms. The van der Waals surface area contributed by atoms with E-state index in [2.05, 4.69) is 15.2 Å². The number of alkyl halides is 3. The largest absolute Gasteiger partial charge is 0.416 e. The second-order valence-corrected chi connectivity index (χ2v) is 10.6. The van der Waals surface area contributed by atoms with E-state index in [1.54, 1.807) is 11.3 Å². The minimum atomic E-state index is -4.52. The van der Waals surface area contributed by atoms with E-state index in [9.17, 15) is 22.8 Å². The van der Waals surface area contributed by atoms with E-state index in [1.165, 1.54) is 17.1 Å². The van der Waals surface area contributed by atoms with Crippen molar-refractivity contribution in [3.63, 3.8) is 0 Å². The van der Waals surface area contributed by atoms with E-state index in [0.717, 1.165) is 57.2 Å². The molecule has 2 aliphatic heterocycles. The SMILES string of the molecule is O=C(NCC(=O)N1CCC2C1CCN2[C@H]1CC[C@@H](c2nccs2)CC1)c1cccc(C(F)(F)F)c1. The van der Waals surface area contributed by atoms with Crippen LogP contribution in [0.5, 0.6) is 0 Å². The number of hydrogen-bond donors (Lipinski definition) is 1. The molecule has 1 aromatic carbocycles. The van der Waals surface area contributed by atoms with Crippen LogP contribution in [0.2, 0.25) is 0 Å². The van der Waals surface area contributed by atoms with Gasteiger partial charge in [0.1, 0.15) is 0 Å². The van der Waals surface area contributed by atoms with Crippen molar-refractivity contribution in [1.29, 1.82) is 0 Å². The molecular weight excluding hydrogens is 477 g/mol. The van der Waals surface area contributed by atoms with E-state index < -0.39 is 17.6 Å². The molecule has 0 radical (unpaired) electrons. The number of likely N-dealkylation sites (tertiary alicyclic amines) is 2. The normalized spacial score (nSPS) is 27.1. The summed E-state index contributed by atoms with van der Waals surface area (Å²) in [5, 5.41) is 5.79. The number of halogens is 3. The second-order valence-electron chi connectivity index (χ2n) is 9.67. The molecule has 2 unspecified atom stereocenters.